The van der Waals surface area contributed by atoms with Crippen LogP contribution in [-0.2, 0) is 23.2 Å². The van der Waals surface area contributed by atoms with E-state index in [2.05, 4.69) is 0 Å². The number of fused-ring (bicyclic) bond motifs is 4. The van der Waals surface area contributed by atoms with Gasteiger partial charge in [0.05, 0.1) is 19.2 Å². The number of imide groups is 1. The van der Waals surface area contributed by atoms with Gasteiger partial charge < -0.3 is 9.84 Å². The standard InChI is InChI=1S/C22H22Cl2N4O6/c1-4-34-15-9-11(5-6-14(15)29)16-12-7-8-27-19(32)26(3)20(33)28(27)13(12)10-21(23)17(30)25(2)18(31)22(16,21)24/h5-7,9,13,16,29H,4,8,10H2,1-3H3. The lowest BCUT2D eigenvalue weighted by molar-refractivity contribution is -0.137. The maximum absolute atomic E-state index is 13.4. The van der Waals surface area contributed by atoms with Gasteiger partial charge in [0.15, 0.2) is 21.2 Å². The van der Waals surface area contributed by atoms with E-state index in [0.717, 1.165) is 9.47 Å². The fourth-order valence-electron chi connectivity index (χ4n) is 5.47. The van der Waals surface area contributed by atoms with Crippen molar-refractivity contribution >= 4 is 35.0 Å². The minimum Gasteiger partial charge on any atom is -0.504 e. The van der Waals surface area contributed by atoms with Crippen molar-refractivity contribution in [1.82, 2.24) is 18.8 Å². The number of phenols is 1. The van der Waals surface area contributed by atoms with Gasteiger partial charge in [0.25, 0.3) is 11.8 Å². The van der Waals surface area contributed by atoms with Crippen LogP contribution in [0.4, 0.5) is 0 Å². The molecule has 4 unspecified atom stereocenters. The first-order valence-corrected chi connectivity index (χ1v) is 11.5. The van der Waals surface area contributed by atoms with Gasteiger partial charge in [-0.25, -0.2) is 23.5 Å². The molecule has 2 fully saturated rings. The van der Waals surface area contributed by atoms with Crippen LogP contribution in [0, 0.1) is 0 Å². The fourth-order valence-corrected chi connectivity index (χ4v) is 6.47. The van der Waals surface area contributed by atoms with E-state index >= 15 is 0 Å². The third kappa shape index (κ3) is 2.58. The molecule has 4 atom stereocenters. The second kappa shape index (κ2) is 7.26. The number of hydrogen-bond donors (Lipinski definition) is 1. The van der Waals surface area contributed by atoms with Crippen LogP contribution in [0.25, 0.3) is 0 Å². The molecule has 1 aromatic carbocycles. The van der Waals surface area contributed by atoms with E-state index in [0.29, 0.717) is 11.1 Å². The Bertz CT molecular complexity index is 1410. The number of carbonyl (C=O) groups is 2. The zero-order chi connectivity index (χ0) is 24.7. The second-order valence-electron chi connectivity index (χ2n) is 8.75. The molecule has 10 nitrogen and oxygen atoms in total. The topological polar surface area (TPSA) is 116 Å². The SMILES string of the molecule is CCOc1cc(C2C3=CCn4c(=O)n(C)c(=O)n4C3CC3(Cl)C(=O)N(C)C(=O)C23Cl)ccc1O. The van der Waals surface area contributed by atoms with Crippen LogP contribution >= 0.6 is 23.2 Å². The van der Waals surface area contributed by atoms with Gasteiger partial charge in [0, 0.05) is 26.4 Å². The van der Waals surface area contributed by atoms with Gasteiger partial charge in [0.2, 0.25) is 0 Å². The molecule has 34 heavy (non-hydrogen) atoms. The van der Waals surface area contributed by atoms with Gasteiger partial charge in [-0.05, 0) is 30.2 Å². The molecule has 1 saturated carbocycles. The Morgan fingerprint density at radius 1 is 1.12 bits per heavy atom. The molecule has 1 N–H and O–H groups in total. The van der Waals surface area contributed by atoms with Crippen molar-refractivity contribution in [2.24, 2.45) is 7.05 Å². The van der Waals surface area contributed by atoms with Gasteiger partial charge >= 0.3 is 11.4 Å². The predicted molar refractivity (Wildman–Crippen MR) is 123 cm³/mol. The van der Waals surface area contributed by atoms with Crippen molar-refractivity contribution in [2.45, 2.75) is 41.6 Å². The molecular formula is C22H22Cl2N4O6. The average Bonchev–Trinajstić information content (AvgIpc) is 3.10. The lowest BCUT2D eigenvalue weighted by atomic mass is 9.64. The Hall–Kier alpha value is -2.98. The smallest absolute Gasteiger partial charge is 0.347 e. The number of rotatable bonds is 3. The molecule has 1 saturated heterocycles. The molecule has 1 aliphatic carbocycles. The maximum Gasteiger partial charge on any atom is 0.347 e. The van der Waals surface area contributed by atoms with Crippen LogP contribution in [0.5, 0.6) is 11.5 Å². The number of amides is 2. The summed E-state index contributed by atoms with van der Waals surface area (Å²) in [6.45, 7) is 2.12. The third-order valence-electron chi connectivity index (χ3n) is 7.09. The number of alkyl halides is 2. The Kier molecular flexibility index (Phi) is 4.87. The van der Waals surface area contributed by atoms with Gasteiger partial charge in [0.1, 0.15) is 0 Å². The summed E-state index contributed by atoms with van der Waals surface area (Å²) in [6.07, 6.45) is 1.59. The molecule has 0 bridgehead atoms. The van der Waals surface area contributed by atoms with Gasteiger partial charge in [-0.2, -0.15) is 0 Å². The first-order valence-electron chi connectivity index (χ1n) is 10.7. The third-order valence-corrected chi connectivity index (χ3v) is 8.50. The number of halogens is 2. The number of aromatic hydroxyl groups is 1. The highest BCUT2D eigenvalue weighted by molar-refractivity contribution is 6.53. The Morgan fingerprint density at radius 3 is 2.50 bits per heavy atom. The molecule has 5 rings (SSSR count). The Balaban J connectivity index is 1.80. The molecule has 0 spiro atoms. The number of nitrogens with zero attached hydrogens (tertiary/aromatic N) is 4. The molecule has 180 valence electrons. The van der Waals surface area contributed by atoms with Crippen LogP contribution in [0.1, 0.15) is 30.9 Å². The first kappa shape index (κ1) is 22.8. The minimum atomic E-state index is -1.90. The summed E-state index contributed by atoms with van der Waals surface area (Å²) < 4.78 is 9.07. The van der Waals surface area contributed by atoms with Crippen molar-refractivity contribution in [1.29, 1.82) is 0 Å². The molecule has 2 aromatic rings. The highest BCUT2D eigenvalue weighted by atomic mass is 35.5. The van der Waals surface area contributed by atoms with Crippen LogP contribution in [0.2, 0.25) is 0 Å². The number of aromatic nitrogens is 3. The molecular weight excluding hydrogens is 487 g/mol. The van der Waals surface area contributed by atoms with Crippen molar-refractivity contribution in [3.05, 3.63) is 56.4 Å². The van der Waals surface area contributed by atoms with E-state index in [9.17, 15) is 24.3 Å². The second-order valence-corrected chi connectivity index (χ2v) is 9.99. The molecule has 12 heteroatoms. The molecule has 2 aliphatic heterocycles. The minimum absolute atomic E-state index is 0.0773. The van der Waals surface area contributed by atoms with E-state index in [1.54, 1.807) is 25.1 Å². The fraction of sp³-hybridized carbons (Fsp3) is 0.455. The molecule has 0 radical (unpaired) electrons. The normalized spacial score (nSPS) is 30.0. The summed E-state index contributed by atoms with van der Waals surface area (Å²) in [6, 6.07) is 3.76. The van der Waals surface area contributed by atoms with E-state index in [-0.39, 0.29) is 31.1 Å². The van der Waals surface area contributed by atoms with Crippen LogP contribution in [-0.4, -0.2) is 59.2 Å². The highest BCUT2D eigenvalue weighted by Crippen LogP contribution is 2.63. The van der Waals surface area contributed by atoms with E-state index in [4.69, 9.17) is 27.9 Å². The van der Waals surface area contributed by atoms with Crippen molar-refractivity contribution < 1.29 is 19.4 Å². The summed E-state index contributed by atoms with van der Waals surface area (Å²) in [4.78, 5) is 49.4. The largest absolute Gasteiger partial charge is 0.504 e. The van der Waals surface area contributed by atoms with Gasteiger partial charge in [-0.3, -0.25) is 14.5 Å². The summed E-state index contributed by atoms with van der Waals surface area (Å²) in [7, 11) is 2.69. The molecule has 1 aromatic heterocycles. The zero-order valence-corrected chi connectivity index (χ0v) is 20.1. The monoisotopic (exact) mass is 508 g/mol. The predicted octanol–water partition coefficient (Wildman–Crippen LogP) is 1.08. The number of benzene rings is 1. The number of carbonyl (C=O) groups excluding carboxylic acids is 2. The van der Waals surface area contributed by atoms with Crippen LogP contribution in [0.15, 0.2) is 39.4 Å². The lowest BCUT2D eigenvalue weighted by Crippen LogP contribution is -2.59. The van der Waals surface area contributed by atoms with Crippen molar-refractivity contribution in [3.8, 4) is 11.5 Å². The Labute approximate surface area is 203 Å². The number of ether oxygens (including phenoxy) is 1. The van der Waals surface area contributed by atoms with E-state index in [1.807, 2.05) is 0 Å². The summed E-state index contributed by atoms with van der Waals surface area (Å²) in [5, 5.41) is 10.2. The van der Waals surface area contributed by atoms with Gasteiger partial charge in [-0.15, -0.1) is 23.2 Å². The zero-order valence-electron chi connectivity index (χ0n) is 18.6. The highest BCUT2D eigenvalue weighted by Gasteiger charge is 2.74. The summed E-state index contributed by atoms with van der Waals surface area (Å²) in [5.74, 6) is -2.20. The molecule has 2 amide bonds. The summed E-state index contributed by atoms with van der Waals surface area (Å²) >= 11 is 14.1. The number of phenolic OH excluding ortho intramolecular Hbond substituents is 1. The van der Waals surface area contributed by atoms with Crippen molar-refractivity contribution in [2.75, 3.05) is 13.7 Å². The van der Waals surface area contributed by atoms with Crippen LogP contribution < -0.4 is 16.1 Å². The number of allylic oxidation sites excluding steroid dienone is 2. The first-order chi connectivity index (χ1) is 16.0. The van der Waals surface area contributed by atoms with Gasteiger partial charge in [-0.1, -0.05) is 12.1 Å². The maximum atomic E-state index is 13.4. The Morgan fingerprint density at radius 2 is 1.82 bits per heavy atom. The van der Waals surface area contributed by atoms with Crippen LogP contribution in [0.3, 0.4) is 0 Å². The number of likely N-dealkylation sites (tertiary alicyclic amines) is 1. The van der Waals surface area contributed by atoms with E-state index in [1.165, 1.54) is 29.5 Å². The molecule has 3 heterocycles. The molecule has 3 aliphatic rings. The quantitative estimate of drug-likeness (QED) is 0.376. The average molecular weight is 509 g/mol. The van der Waals surface area contributed by atoms with E-state index < -0.39 is 44.9 Å². The lowest BCUT2D eigenvalue weighted by Gasteiger charge is -2.49. The number of hydrogen-bond acceptors (Lipinski definition) is 6. The van der Waals surface area contributed by atoms with Crippen molar-refractivity contribution in [3.63, 3.8) is 0 Å². The summed E-state index contributed by atoms with van der Waals surface area (Å²) in [5.41, 5.74) is 0.00179.